The second-order valence-corrected chi connectivity index (χ2v) is 12.0. The first-order valence-corrected chi connectivity index (χ1v) is 16.2. The second kappa shape index (κ2) is 19.5. The predicted octanol–water partition coefficient (Wildman–Crippen LogP) is -0.364. The highest BCUT2D eigenvalue weighted by molar-refractivity contribution is 5.98. The highest BCUT2D eigenvalue weighted by Gasteiger charge is 2.45. The van der Waals surface area contributed by atoms with Gasteiger partial charge in [0.15, 0.2) is 6.29 Å². The predicted molar refractivity (Wildman–Crippen MR) is 161 cm³/mol. The molecule has 0 bridgehead atoms. The quantitative estimate of drug-likeness (QED) is 0.0757. The lowest BCUT2D eigenvalue weighted by Gasteiger charge is -2.42. The van der Waals surface area contributed by atoms with Crippen molar-refractivity contribution in [2.24, 2.45) is 0 Å². The second-order valence-electron chi connectivity index (χ2n) is 12.0. The molecule has 1 aliphatic heterocycles. The third-order valence-corrected chi connectivity index (χ3v) is 8.24. The minimum atomic E-state index is -1.47. The number of carbonyl (C=O) groups is 5. The number of rotatable bonds is 15. The minimum absolute atomic E-state index is 0.00813. The van der Waals surface area contributed by atoms with Crippen LogP contribution >= 0.6 is 0 Å². The Morgan fingerprint density at radius 2 is 1.48 bits per heavy atom. The molecule has 6 atom stereocenters. The normalized spacial score (nSPS) is 26.6. The van der Waals surface area contributed by atoms with E-state index in [0.29, 0.717) is 0 Å². The van der Waals surface area contributed by atoms with E-state index in [9.17, 15) is 39.3 Å². The zero-order valence-corrected chi connectivity index (χ0v) is 26.4. The number of amides is 3. The first-order valence-electron chi connectivity index (χ1n) is 16.2. The van der Waals surface area contributed by atoms with Crippen LogP contribution in [0.15, 0.2) is 12.2 Å². The van der Waals surface area contributed by atoms with Gasteiger partial charge >= 0.3 is 11.9 Å². The molecule has 2 saturated carbocycles. The number of carbonyl (C=O) groups excluding carboxylic acids is 5. The molecule has 3 rings (SSSR count). The molecule has 15 heteroatoms. The van der Waals surface area contributed by atoms with Gasteiger partial charge in [-0.15, -0.1) is 0 Å². The van der Waals surface area contributed by atoms with Crippen molar-refractivity contribution in [1.82, 2.24) is 16.0 Å². The van der Waals surface area contributed by atoms with Crippen LogP contribution in [-0.4, -0.2) is 114 Å². The summed E-state index contributed by atoms with van der Waals surface area (Å²) in [6.45, 7) is 0.419. The molecular formula is C31H49N3O12. The highest BCUT2D eigenvalue weighted by atomic mass is 16.7. The number of aliphatic hydroxyl groups is 3. The molecule has 260 valence electrons. The van der Waals surface area contributed by atoms with Gasteiger partial charge in [-0.2, -0.15) is 0 Å². The number of hydrogen-bond acceptors (Lipinski definition) is 12. The molecule has 6 N–H and O–H groups in total. The molecule has 0 radical (unpaired) electrons. The Hall–Kier alpha value is -3.11. The fourth-order valence-electron chi connectivity index (χ4n) is 5.76. The van der Waals surface area contributed by atoms with Gasteiger partial charge < -0.3 is 50.2 Å². The van der Waals surface area contributed by atoms with Crippen LogP contribution < -0.4 is 16.0 Å². The fraction of sp³-hybridized carbons (Fsp3) is 0.774. The van der Waals surface area contributed by atoms with Crippen LogP contribution in [0.1, 0.15) is 84.0 Å². The van der Waals surface area contributed by atoms with Crippen molar-refractivity contribution in [2.75, 3.05) is 19.8 Å². The van der Waals surface area contributed by atoms with Crippen LogP contribution in [0.2, 0.25) is 0 Å². The summed E-state index contributed by atoms with van der Waals surface area (Å²) in [5.41, 5.74) is 0. The molecule has 0 unspecified atom stereocenters. The summed E-state index contributed by atoms with van der Waals surface area (Å²) < 4.78 is 22.2. The van der Waals surface area contributed by atoms with E-state index in [-0.39, 0.29) is 38.2 Å². The average molecular weight is 656 g/mol. The Bertz CT molecular complexity index is 1040. The van der Waals surface area contributed by atoms with Crippen molar-refractivity contribution < 1.29 is 58.2 Å². The summed E-state index contributed by atoms with van der Waals surface area (Å²) in [4.78, 5) is 61.9. The van der Waals surface area contributed by atoms with E-state index in [4.69, 9.17) is 18.9 Å². The zero-order valence-electron chi connectivity index (χ0n) is 26.4. The van der Waals surface area contributed by atoms with Crippen LogP contribution in [0.25, 0.3) is 0 Å². The summed E-state index contributed by atoms with van der Waals surface area (Å²) in [7, 11) is 0. The van der Waals surface area contributed by atoms with Gasteiger partial charge in [-0.1, -0.05) is 12.8 Å². The Labute approximate surface area is 268 Å². The first-order chi connectivity index (χ1) is 22.1. The molecule has 3 amide bonds. The first kappa shape index (κ1) is 37.3. The molecule has 0 aromatic rings. The lowest BCUT2D eigenvalue weighted by Crippen LogP contribution is -2.64. The van der Waals surface area contributed by atoms with Crippen LogP contribution in [0.3, 0.4) is 0 Å². The monoisotopic (exact) mass is 655 g/mol. The Morgan fingerprint density at radius 1 is 0.870 bits per heavy atom. The van der Waals surface area contributed by atoms with Gasteiger partial charge in [0.25, 0.3) is 0 Å². The van der Waals surface area contributed by atoms with Crippen molar-refractivity contribution in [3.8, 4) is 0 Å². The molecule has 0 aromatic heterocycles. The van der Waals surface area contributed by atoms with E-state index in [1.54, 1.807) is 0 Å². The lowest BCUT2D eigenvalue weighted by molar-refractivity contribution is -0.269. The van der Waals surface area contributed by atoms with Crippen LogP contribution in [-0.2, 0) is 42.9 Å². The van der Waals surface area contributed by atoms with Gasteiger partial charge in [0, 0.05) is 32.0 Å². The van der Waals surface area contributed by atoms with Gasteiger partial charge in [0.05, 0.1) is 13.2 Å². The van der Waals surface area contributed by atoms with E-state index in [1.165, 1.54) is 6.92 Å². The number of ether oxygens (including phenoxy) is 4. The topological polar surface area (TPSA) is 219 Å². The van der Waals surface area contributed by atoms with E-state index in [2.05, 4.69) is 16.0 Å². The van der Waals surface area contributed by atoms with Crippen LogP contribution in [0.5, 0.6) is 0 Å². The number of nitrogens with one attached hydrogen (secondary N) is 3. The van der Waals surface area contributed by atoms with Crippen molar-refractivity contribution in [3.63, 3.8) is 0 Å². The summed E-state index contributed by atoms with van der Waals surface area (Å²) in [6, 6.07) is -2.22. The van der Waals surface area contributed by atoms with E-state index >= 15 is 0 Å². The number of hydrogen-bond donors (Lipinski definition) is 6. The van der Waals surface area contributed by atoms with Crippen LogP contribution in [0.4, 0.5) is 0 Å². The Balaban J connectivity index is 1.47. The van der Waals surface area contributed by atoms with Gasteiger partial charge in [-0.3, -0.25) is 19.2 Å². The third kappa shape index (κ3) is 12.6. The van der Waals surface area contributed by atoms with E-state index < -0.39 is 73.0 Å². The molecule has 0 spiro atoms. The molecule has 0 aromatic carbocycles. The van der Waals surface area contributed by atoms with Gasteiger partial charge in [0.2, 0.25) is 17.7 Å². The van der Waals surface area contributed by atoms with Gasteiger partial charge in [-0.05, 0) is 57.8 Å². The molecule has 15 nitrogen and oxygen atoms in total. The van der Waals surface area contributed by atoms with Gasteiger partial charge in [-0.25, -0.2) is 4.79 Å². The molecule has 1 heterocycles. The molecule has 2 aliphatic carbocycles. The van der Waals surface area contributed by atoms with Crippen molar-refractivity contribution >= 4 is 29.7 Å². The largest absolute Gasteiger partial charge is 0.462 e. The van der Waals surface area contributed by atoms with Crippen molar-refractivity contribution in [1.29, 1.82) is 0 Å². The standard InChI is InChI=1S/C31H49N3O12/c1-19(36)33-27-29(41)28(40)23(18-35)46-31(27)43-17-16-32-24(37)13-14-25(38)34-22(30(42)45-21-10-6-3-7-11-21)12-15-26(39)44-20-8-4-2-5-9-20/h13-14,20-23,27-29,31,35,40-41H,2-12,15-18H2,1H3,(H,32,37)(H,33,36)(H,34,38)/b14-13-/t22-,23+,27-,28+,29+,31+/m0/s1. The van der Waals surface area contributed by atoms with E-state index in [0.717, 1.165) is 76.4 Å². The minimum Gasteiger partial charge on any atom is -0.462 e. The summed E-state index contributed by atoms with van der Waals surface area (Å²) >= 11 is 0. The lowest BCUT2D eigenvalue weighted by atomic mass is 9.97. The van der Waals surface area contributed by atoms with Crippen molar-refractivity contribution in [3.05, 3.63) is 12.2 Å². The third-order valence-electron chi connectivity index (χ3n) is 8.24. The molecule has 3 fully saturated rings. The maximum Gasteiger partial charge on any atom is 0.328 e. The van der Waals surface area contributed by atoms with E-state index in [1.807, 2.05) is 0 Å². The SMILES string of the molecule is CC(=O)N[C@@H]1[C@H](OCCNC(=O)/C=C\C(=O)N[C@@H](CCC(=O)OC2CCCCC2)C(=O)OC2CCCCC2)O[C@H](CO)[C@@H](O)[C@@H]1O. The smallest absolute Gasteiger partial charge is 0.328 e. The number of esters is 2. The zero-order chi connectivity index (χ0) is 33.5. The molecular weight excluding hydrogens is 606 g/mol. The average Bonchev–Trinajstić information content (AvgIpc) is 3.04. The van der Waals surface area contributed by atoms with Crippen molar-refractivity contribution in [2.45, 2.75) is 133 Å². The maximum absolute atomic E-state index is 13.0. The van der Waals surface area contributed by atoms with Crippen LogP contribution in [0, 0.1) is 0 Å². The maximum atomic E-state index is 13.0. The summed E-state index contributed by atoms with van der Waals surface area (Å²) in [6.07, 6.45) is 5.40. The molecule has 3 aliphatic rings. The summed E-state index contributed by atoms with van der Waals surface area (Å²) in [5.74, 6) is -2.95. The summed E-state index contributed by atoms with van der Waals surface area (Å²) in [5, 5.41) is 37.3. The fourth-order valence-corrected chi connectivity index (χ4v) is 5.76. The number of aliphatic hydroxyl groups excluding tert-OH is 3. The highest BCUT2D eigenvalue weighted by Crippen LogP contribution is 2.24. The molecule has 46 heavy (non-hydrogen) atoms. The Morgan fingerprint density at radius 3 is 2.09 bits per heavy atom. The van der Waals surface area contributed by atoms with Gasteiger partial charge in [0.1, 0.15) is 42.6 Å². The Kier molecular flexibility index (Phi) is 15.9. The molecule has 1 saturated heterocycles.